The van der Waals surface area contributed by atoms with Gasteiger partial charge in [0, 0.05) is 18.9 Å². The molecule has 111 valence electrons. The van der Waals surface area contributed by atoms with Crippen LogP contribution in [-0.2, 0) is 31.2 Å². The molecule has 0 rings (SSSR count). The van der Waals surface area contributed by atoms with Gasteiger partial charge in [-0.15, -0.1) is 0 Å². The van der Waals surface area contributed by atoms with Crippen LogP contribution in [-0.4, -0.2) is 44.9 Å². The Labute approximate surface area is 108 Å². The van der Waals surface area contributed by atoms with Crippen LogP contribution in [0.5, 0.6) is 0 Å². The summed E-state index contributed by atoms with van der Waals surface area (Å²) < 4.78 is 0. The number of aliphatic carboxylic acids is 3. The van der Waals surface area contributed by atoms with Crippen molar-refractivity contribution in [3.63, 3.8) is 0 Å². The van der Waals surface area contributed by atoms with E-state index in [2.05, 4.69) is 0 Å². The molecule has 0 aromatic rings. The van der Waals surface area contributed by atoms with E-state index in [1.807, 2.05) is 0 Å². The van der Waals surface area contributed by atoms with Gasteiger partial charge in [-0.05, 0) is 13.8 Å². The van der Waals surface area contributed by atoms with E-state index in [-0.39, 0.29) is 38.7 Å². The van der Waals surface area contributed by atoms with Crippen LogP contribution in [0.2, 0.25) is 0 Å². The minimum atomic E-state index is -1.08. The van der Waals surface area contributed by atoms with E-state index < -0.39 is 17.9 Å². The number of carbonyl (C=O) groups is 3. The first kappa shape index (κ1) is 57.0. The van der Waals surface area contributed by atoms with Crippen LogP contribution in [0.4, 0.5) is 0 Å². The van der Waals surface area contributed by atoms with Crippen LogP contribution >= 0.6 is 0 Å². The van der Waals surface area contributed by atoms with Crippen molar-refractivity contribution in [2.24, 2.45) is 0 Å². The second-order valence-electron chi connectivity index (χ2n) is 1.50. The summed E-state index contributed by atoms with van der Waals surface area (Å²) >= 11 is 0. The standard InChI is InChI=1S/3C2H4O2.Co.4H2O/c3*1-2(3)4;;;;;/h3*1H3,(H,3,4);;4*1H2/q;;;+2;;;;/p-2. The van der Waals surface area contributed by atoms with Crippen molar-refractivity contribution in [1.82, 2.24) is 0 Å². The van der Waals surface area contributed by atoms with Gasteiger partial charge in [0.2, 0.25) is 0 Å². The monoisotopic (exact) mass is 309 g/mol. The molecule has 10 nitrogen and oxygen atoms in total. The zero-order valence-electron chi connectivity index (χ0n) is 9.32. The van der Waals surface area contributed by atoms with Crippen molar-refractivity contribution in [3.05, 3.63) is 0 Å². The molecule has 0 aliphatic heterocycles. The van der Waals surface area contributed by atoms with Gasteiger partial charge in [-0.25, -0.2) is 0 Å². The third-order valence-corrected chi connectivity index (χ3v) is 0. The van der Waals surface area contributed by atoms with Gasteiger partial charge in [0.25, 0.3) is 5.97 Å². The maximum absolute atomic E-state index is 9.00. The maximum atomic E-state index is 9.00. The third kappa shape index (κ3) is 1550. The molecule has 0 atom stereocenters. The molecule has 0 aliphatic rings. The Hall–Kier alpha value is -1.24. The van der Waals surface area contributed by atoms with Crippen molar-refractivity contribution >= 4 is 17.9 Å². The quantitative estimate of drug-likeness (QED) is 0.456. The summed E-state index contributed by atoms with van der Waals surface area (Å²) in [7, 11) is 0. The first-order valence-electron chi connectivity index (χ1n) is 2.74. The third-order valence-electron chi connectivity index (χ3n) is 0. The molecule has 0 spiro atoms. The van der Waals surface area contributed by atoms with Crippen LogP contribution in [0.1, 0.15) is 20.8 Å². The molecule has 17 heavy (non-hydrogen) atoms. The molecule has 0 unspecified atom stereocenters. The zero-order chi connectivity index (χ0) is 10.7. The molecule has 0 saturated heterocycles. The predicted molar refractivity (Wildman–Crippen MR) is 49.1 cm³/mol. The Balaban J connectivity index is -0.0000000104. The molecule has 0 heterocycles. The van der Waals surface area contributed by atoms with Crippen molar-refractivity contribution in [2.45, 2.75) is 20.8 Å². The van der Waals surface area contributed by atoms with Gasteiger partial charge < -0.3 is 46.8 Å². The molecule has 11 heteroatoms. The molecule has 1 radical (unpaired) electrons. The summed E-state index contributed by atoms with van der Waals surface area (Å²) in [4.78, 5) is 26.8. The van der Waals surface area contributed by atoms with Crippen LogP contribution in [0, 0.1) is 0 Å². The fourth-order valence-corrected chi connectivity index (χ4v) is 0. The maximum Gasteiger partial charge on any atom is 2.00 e. The number of hydrogen-bond acceptors (Lipinski definition) is 5. The summed E-state index contributed by atoms with van der Waals surface area (Å²) in [5, 5.41) is 25.2. The van der Waals surface area contributed by atoms with E-state index in [0.717, 1.165) is 20.8 Å². The van der Waals surface area contributed by atoms with E-state index in [9.17, 15) is 0 Å². The smallest absolute Gasteiger partial charge is 0.550 e. The summed E-state index contributed by atoms with van der Waals surface area (Å²) in [6.07, 6.45) is 0. The summed E-state index contributed by atoms with van der Waals surface area (Å²) in [6, 6.07) is 0. The number of rotatable bonds is 0. The normalized spacial score (nSPS) is 4.41. The van der Waals surface area contributed by atoms with Crippen LogP contribution in [0.15, 0.2) is 0 Å². The predicted octanol–water partition coefficient (Wildman–Crippen LogP) is -5.70. The van der Waals surface area contributed by atoms with E-state index in [1.54, 1.807) is 0 Å². The fraction of sp³-hybridized carbons (Fsp3) is 0.500. The molecule has 0 fully saturated rings. The summed E-state index contributed by atoms with van der Waals surface area (Å²) in [6.45, 7) is 3.03. The Morgan fingerprint density at radius 1 is 0.765 bits per heavy atom. The molecular formula is C6H18CoO10. The van der Waals surface area contributed by atoms with Crippen LogP contribution in [0.25, 0.3) is 0 Å². The van der Waals surface area contributed by atoms with Crippen molar-refractivity contribution in [1.29, 1.82) is 0 Å². The number of carboxylic acid groups (broad SMARTS) is 3. The first-order valence-corrected chi connectivity index (χ1v) is 2.74. The van der Waals surface area contributed by atoms with Crippen molar-refractivity contribution in [3.8, 4) is 0 Å². The molecule has 0 aromatic heterocycles. The number of hydrogen-bond donors (Lipinski definition) is 1. The molecule has 0 aliphatic carbocycles. The van der Waals surface area contributed by atoms with E-state index >= 15 is 0 Å². The van der Waals surface area contributed by atoms with E-state index in [4.69, 9.17) is 29.7 Å². The first-order chi connectivity index (χ1) is 5.20. The summed E-state index contributed by atoms with van der Waals surface area (Å²) in [5.74, 6) is -3.00. The topological polar surface area (TPSA) is 244 Å². The average molecular weight is 309 g/mol. The number of carboxylic acids is 3. The Morgan fingerprint density at radius 3 is 0.765 bits per heavy atom. The average Bonchev–Trinajstić information content (AvgIpc) is 1.54. The molecule has 0 bridgehead atoms. The minimum absolute atomic E-state index is 0. The zero-order valence-corrected chi connectivity index (χ0v) is 10.4. The second kappa shape index (κ2) is 46.4. The molecular weight excluding hydrogens is 291 g/mol. The largest absolute Gasteiger partial charge is 2.00 e. The number of carbonyl (C=O) groups excluding carboxylic acids is 2. The molecule has 0 amide bonds. The van der Waals surface area contributed by atoms with Crippen LogP contribution < -0.4 is 10.2 Å². The van der Waals surface area contributed by atoms with Gasteiger partial charge in [0.1, 0.15) is 0 Å². The Kier molecular flexibility index (Phi) is 156. The van der Waals surface area contributed by atoms with Crippen molar-refractivity contribution in [2.75, 3.05) is 0 Å². The molecule has 0 aromatic carbocycles. The Bertz CT molecular complexity index is 118. The SMILES string of the molecule is CC(=O)O.CC(=O)[O-].CC(=O)[O-].O.O.O.O.[Co+2]. The molecule has 0 saturated carbocycles. The van der Waals surface area contributed by atoms with E-state index in [0.29, 0.717) is 0 Å². The van der Waals surface area contributed by atoms with Gasteiger partial charge in [-0.3, -0.25) is 4.79 Å². The fourth-order valence-electron chi connectivity index (χ4n) is 0. The minimum Gasteiger partial charge on any atom is -0.550 e. The second-order valence-corrected chi connectivity index (χ2v) is 1.50. The van der Waals surface area contributed by atoms with Gasteiger partial charge in [0.15, 0.2) is 0 Å². The van der Waals surface area contributed by atoms with Gasteiger partial charge in [-0.2, -0.15) is 0 Å². The van der Waals surface area contributed by atoms with Crippen LogP contribution in [0.3, 0.4) is 0 Å². The van der Waals surface area contributed by atoms with E-state index in [1.165, 1.54) is 0 Å². The summed E-state index contributed by atoms with van der Waals surface area (Å²) in [5.41, 5.74) is 0. The Morgan fingerprint density at radius 2 is 0.765 bits per heavy atom. The molecule has 9 N–H and O–H groups in total. The van der Waals surface area contributed by atoms with Gasteiger partial charge in [0.05, 0.1) is 0 Å². The van der Waals surface area contributed by atoms with Gasteiger partial charge >= 0.3 is 16.8 Å². The van der Waals surface area contributed by atoms with Crippen molar-refractivity contribution < 1.29 is 68.4 Å². The van der Waals surface area contributed by atoms with Gasteiger partial charge in [-0.1, -0.05) is 0 Å².